The van der Waals surface area contributed by atoms with Crippen LogP contribution < -0.4 is 10.6 Å². The summed E-state index contributed by atoms with van der Waals surface area (Å²) in [6, 6.07) is 11.5. The summed E-state index contributed by atoms with van der Waals surface area (Å²) in [6.07, 6.45) is 2.59. The van der Waals surface area contributed by atoms with Gasteiger partial charge < -0.3 is 15.6 Å². The van der Waals surface area contributed by atoms with E-state index in [0.29, 0.717) is 13.0 Å². The number of benzene rings is 2. The van der Waals surface area contributed by atoms with Gasteiger partial charge in [-0.2, -0.15) is 0 Å². The molecule has 0 aliphatic carbocycles. The van der Waals surface area contributed by atoms with Crippen molar-refractivity contribution in [3.8, 4) is 0 Å². The fourth-order valence-electron chi connectivity index (χ4n) is 2.57. The van der Waals surface area contributed by atoms with Gasteiger partial charge in [0.2, 0.25) is 5.91 Å². The number of amides is 1. The van der Waals surface area contributed by atoms with Crippen LogP contribution in [-0.4, -0.2) is 24.0 Å². The van der Waals surface area contributed by atoms with E-state index in [-0.39, 0.29) is 18.1 Å². The standard InChI is InChI=1S/C18H17F2N3O/c19-14-5-3-6-15(20)18(14)23-11-17(24)21-9-8-12-10-22-16-7-2-1-4-13(12)16/h1-7,10,22-23H,8-9,11H2,(H,21,24). The van der Waals surface area contributed by atoms with E-state index in [1.165, 1.54) is 6.07 Å². The highest BCUT2D eigenvalue weighted by Gasteiger charge is 2.10. The second-order valence-electron chi connectivity index (χ2n) is 5.41. The molecule has 0 fully saturated rings. The summed E-state index contributed by atoms with van der Waals surface area (Å²) in [5, 5.41) is 6.34. The second kappa shape index (κ2) is 7.12. The lowest BCUT2D eigenvalue weighted by atomic mass is 10.1. The van der Waals surface area contributed by atoms with Gasteiger partial charge in [-0.25, -0.2) is 8.78 Å². The molecule has 0 atom stereocenters. The van der Waals surface area contributed by atoms with Gasteiger partial charge in [0.05, 0.1) is 6.54 Å². The third kappa shape index (κ3) is 3.53. The maximum absolute atomic E-state index is 13.4. The molecule has 24 heavy (non-hydrogen) atoms. The first-order valence-electron chi connectivity index (χ1n) is 7.65. The van der Waals surface area contributed by atoms with Crippen LogP contribution in [0.25, 0.3) is 10.9 Å². The predicted octanol–water partition coefficient (Wildman–Crippen LogP) is 3.22. The molecule has 124 valence electrons. The highest BCUT2D eigenvalue weighted by molar-refractivity contribution is 5.83. The monoisotopic (exact) mass is 329 g/mol. The number of rotatable bonds is 6. The van der Waals surface area contributed by atoms with Crippen molar-refractivity contribution >= 4 is 22.5 Å². The number of H-pyrrole nitrogens is 1. The Hall–Kier alpha value is -2.89. The van der Waals surface area contributed by atoms with E-state index < -0.39 is 11.6 Å². The quantitative estimate of drug-likeness (QED) is 0.650. The Morgan fingerprint density at radius 3 is 2.58 bits per heavy atom. The van der Waals surface area contributed by atoms with Crippen molar-refractivity contribution in [1.29, 1.82) is 0 Å². The predicted molar refractivity (Wildman–Crippen MR) is 89.9 cm³/mol. The number of fused-ring (bicyclic) bond motifs is 1. The molecular formula is C18H17F2N3O. The molecular weight excluding hydrogens is 312 g/mol. The zero-order valence-electron chi connectivity index (χ0n) is 12.9. The van der Waals surface area contributed by atoms with Gasteiger partial charge in [0, 0.05) is 23.6 Å². The molecule has 1 amide bonds. The number of nitrogens with one attached hydrogen (secondary N) is 3. The average Bonchev–Trinajstić information content (AvgIpc) is 2.98. The molecule has 0 radical (unpaired) electrons. The van der Waals surface area contributed by atoms with Gasteiger partial charge in [0.1, 0.15) is 17.3 Å². The van der Waals surface area contributed by atoms with Crippen LogP contribution in [0.3, 0.4) is 0 Å². The number of halogens is 2. The van der Waals surface area contributed by atoms with E-state index in [1.54, 1.807) is 0 Å². The summed E-state index contributed by atoms with van der Waals surface area (Å²) < 4.78 is 26.9. The summed E-state index contributed by atoms with van der Waals surface area (Å²) in [7, 11) is 0. The van der Waals surface area contributed by atoms with Gasteiger partial charge in [-0.15, -0.1) is 0 Å². The molecule has 0 aliphatic heterocycles. The van der Waals surface area contributed by atoms with Crippen LogP contribution in [0.4, 0.5) is 14.5 Å². The number of hydrogen-bond acceptors (Lipinski definition) is 2. The normalized spacial score (nSPS) is 10.8. The zero-order valence-corrected chi connectivity index (χ0v) is 12.9. The van der Waals surface area contributed by atoms with Gasteiger partial charge in [-0.05, 0) is 30.2 Å². The Morgan fingerprint density at radius 1 is 1.04 bits per heavy atom. The Labute approximate surface area is 137 Å². The molecule has 3 aromatic rings. The molecule has 3 N–H and O–H groups in total. The number of carbonyl (C=O) groups excluding carboxylic acids is 1. The van der Waals surface area contributed by atoms with Crippen molar-refractivity contribution in [1.82, 2.24) is 10.3 Å². The van der Waals surface area contributed by atoms with Crippen molar-refractivity contribution in [2.24, 2.45) is 0 Å². The summed E-state index contributed by atoms with van der Waals surface area (Å²) in [4.78, 5) is 15.0. The second-order valence-corrected chi connectivity index (χ2v) is 5.41. The highest BCUT2D eigenvalue weighted by atomic mass is 19.1. The summed E-state index contributed by atoms with van der Waals surface area (Å²) >= 11 is 0. The lowest BCUT2D eigenvalue weighted by Gasteiger charge is -2.09. The fourth-order valence-corrected chi connectivity index (χ4v) is 2.57. The SMILES string of the molecule is O=C(CNc1c(F)cccc1F)NCCc1c[nH]c2ccccc12. The molecule has 4 nitrogen and oxygen atoms in total. The van der Waals surface area contributed by atoms with Crippen LogP contribution in [0.1, 0.15) is 5.56 Å². The fraction of sp³-hybridized carbons (Fsp3) is 0.167. The number of carbonyl (C=O) groups is 1. The zero-order chi connectivity index (χ0) is 16.9. The summed E-state index contributed by atoms with van der Waals surface area (Å²) in [5.41, 5.74) is 1.87. The topological polar surface area (TPSA) is 56.9 Å². The Kier molecular flexibility index (Phi) is 4.74. The van der Waals surface area contributed by atoms with Crippen molar-refractivity contribution in [3.63, 3.8) is 0 Å². The minimum atomic E-state index is -0.721. The molecule has 6 heteroatoms. The first-order valence-corrected chi connectivity index (χ1v) is 7.65. The minimum Gasteiger partial charge on any atom is -0.371 e. The van der Waals surface area contributed by atoms with Gasteiger partial charge in [0.15, 0.2) is 0 Å². The number of aromatic amines is 1. The third-order valence-corrected chi connectivity index (χ3v) is 3.78. The Balaban J connectivity index is 1.49. The third-order valence-electron chi connectivity index (χ3n) is 3.78. The van der Waals surface area contributed by atoms with Crippen LogP contribution in [0.15, 0.2) is 48.7 Å². The van der Waals surface area contributed by atoms with Gasteiger partial charge >= 0.3 is 0 Å². The van der Waals surface area contributed by atoms with E-state index in [9.17, 15) is 13.6 Å². The first kappa shape index (κ1) is 16.0. The molecule has 3 rings (SSSR count). The first-order chi connectivity index (χ1) is 11.6. The molecule has 1 heterocycles. The highest BCUT2D eigenvalue weighted by Crippen LogP contribution is 2.18. The van der Waals surface area contributed by atoms with Crippen molar-refractivity contribution in [2.75, 3.05) is 18.4 Å². The van der Waals surface area contributed by atoms with Crippen LogP contribution in [0, 0.1) is 11.6 Å². The molecule has 0 saturated carbocycles. The maximum Gasteiger partial charge on any atom is 0.239 e. The lowest BCUT2D eigenvalue weighted by molar-refractivity contribution is -0.119. The van der Waals surface area contributed by atoms with E-state index in [2.05, 4.69) is 15.6 Å². The molecule has 2 aromatic carbocycles. The average molecular weight is 329 g/mol. The lowest BCUT2D eigenvalue weighted by Crippen LogP contribution is -2.31. The van der Waals surface area contributed by atoms with Crippen molar-refractivity contribution < 1.29 is 13.6 Å². The largest absolute Gasteiger partial charge is 0.371 e. The Bertz CT molecular complexity index is 840. The molecule has 0 bridgehead atoms. The van der Waals surface area contributed by atoms with Gasteiger partial charge in [-0.3, -0.25) is 4.79 Å². The number of anilines is 1. The van der Waals surface area contributed by atoms with Crippen LogP contribution >= 0.6 is 0 Å². The summed E-state index contributed by atoms with van der Waals surface area (Å²) in [5.74, 6) is -1.76. The van der Waals surface area contributed by atoms with E-state index in [0.717, 1.165) is 28.6 Å². The minimum absolute atomic E-state index is 0.189. The number of aromatic nitrogens is 1. The van der Waals surface area contributed by atoms with Crippen molar-refractivity contribution in [3.05, 3.63) is 65.9 Å². The number of para-hydroxylation sites is 2. The molecule has 1 aromatic heterocycles. The van der Waals surface area contributed by atoms with E-state index in [4.69, 9.17) is 0 Å². The molecule has 0 spiro atoms. The van der Waals surface area contributed by atoms with E-state index >= 15 is 0 Å². The van der Waals surface area contributed by atoms with Gasteiger partial charge in [-0.1, -0.05) is 24.3 Å². The van der Waals surface area contributed by atoms with Crippen molar-refractivity contribution in [2.45, 2.75) is 6.42 Å². The van der Waals surface area contributed by atoms with Crippen LogP contribution in [-0.2, 0) is 11.2 Å². The molecule has 0 aliphatic rings. The maximum atomic E-state index is 13.4. The molecule has 0 saturated heterocycles. The van der Waals surface area contributed by atoms with E-state index in [1.807, 2.05) is 30.5 Å². The van der Waals surface area contributed by atoms with Crippen LogP contribution in [0.5, 0.6) is 0 Å². The smallest absolute Gasteiger partial charge is 0.239 e. The number of hydrogen-bond donors (Lipinski definition) is 3. The summed E-state index contributed by atoms with van der Waals surface area (Å²) in [6.45, 7) is 0.258. The Morgan fingerprint density at radius 2 is 1.79 bits per heavy atom. The van der Waals surface area contributed by atoms with Gasteiger partial charge in [0.25, 0.3) is 0 Å². The molecule has 0 unspecified atom stereocenters. The van der Waals surface area contributed by atoms with Crippen LogP contribution in [0.2, 0.25) is 0 Å².